The first kappa shape index (κ1) is 18.7. The molecule has 0 spiro atoms. The first-order chi connectivity index (χ1) is 12.0. The molecule has 0 radical (unpaired) electrons. The number of carbonyl (C=O) groups is 3. The largest absolute Gasteiger partial charge is 0.451 e. The molecule has 0 fully saturated rings. The highest BCUT2D eigenvalue weighted by atomic mass is 32.1. The fraction of sp³-hybridized carbons (Fsp3) is 0.278. The predicted octanol–water partition coefficient (Wildman–Crippen LogP) is 3.03. The van der Waals surface area contributed by atoms with Crippen molar-refractivity contribution in [2.24, 2.45) is 0 Å². The monoisotopic (exact) mass is 360 g/mol. The van der Waals surface area contributed by atoms with Gasteiger partial charge >= 0.3 is 5.97 Å². The Hall–Kier alpha value is -2.67. The number of hydrogen-bond acceptors (Lipinski definition) is 5. The molecule has 0 aliphatic heterocycles. The summed E-state index contributed by atoms with van der Waals surface area (Å²) in [6.07, 6.45) is 0. The molecule has 7 heteroatoms. The molecule has 2 rings (SSSR count). The summed E-state index contributed by atoms with van der Waals surface area (Å²) in [7, 11) is 0. The van der Waals surface area contributed by atoms with E-state index in [-0.39, 0.29) is 12.5 Å². The third-order valence-corrected chi connectivity index (χ3v) is 4.35. The van der Waals surface area contributed by atoms with Crippen LogP contribution >= 0.6 is 11.3 Å². The van der Waals surface area contributed by atoms with Crippen molar-refractivity contribution in [3.05, 3.63) is 52.2 Å². The Morgan fingerprint density at radius 3 is 2.52 bits per heavy atom. The lowest BCUT2D eigenvalue weighted by Gasteiger charge is -2.19. The summed E-state index contributed by atoms with van der Waals surface area (Å²) < 4.78 is 4.96. The molecule has 1 N–H and O–H groups in total. The molecule has 0 bridgehead atoms. The summed E-state index contributed by atoms with van der Waals surface area (Å²) in [4.78, 5) is 38.1. The van der Waals surface area contributed by atoms with Crippen molar-refractivity contribution in [1.82, 2.24) is 4.90 Å². The van der Waals surface area contributed by atoms with Crippen molar-refractivity contribution in [3.8, 4) is 0 Å². The van der Waals surface area contributed by atoms with Crippen LogP contribution in [0.5, 0.6) is 0 Å². The third kappa shape index (κ3) is 5.15. The molecule has 0 aliphatic carbocycles. The predicted molar refractivity (Wildman–Crippen MR) is 96.9 cm³/mol. The second kappa shape index (κ2) is 8.98. The minimum absolute atomic E-state index is 0.0924. The Balaban J connectivity index is 1.93. The summed E-state index contributed by atoms with van der Waals surface area (Å²) >= 11 is 1.25. The molecular formula is C18H20N2O4S. The number of hydrogen-bond donors (Lipinski definition) is 1. The van der Waals surface area contributed by atoms with Crippen molar-refractivity contribution in [3.63, 3.8) is 0 Å². The van der Waals surface area contributed by atoms with Crippen LogP contribution in [-0.2, 0) is 9.53 Å². The molecule has 2 aromatic rings. The third-order valence-electron chi connectivity index (χ3n) is 3.50. The lowest BCUT2D eigenvalue weighted by molar-refractivity contribution is -0.119. The number of esters is 1. The molecule has 0 unspecified atom stereocenters. The van der Waals surface area contributed by atoms with E-state index in [1.165, 1.54) is 11.3 Å². The maximum Gasteiger partial charge on any atom is 0.348 e. The van der Waals surface area contributed by atoms with Crippen molar-refractivity contribution in [2.45, 2.75) is 13.8 Å². The van der Waals surface area contributed by atoms with Gasteiger partial charge in [0.2, 0.25) is 0 Å². The quantitative estimate of drug-likeness (QED) is 0.770. The van der Waals surface area contributed by atoms with Gasteiger partial charge in [-0.1, -0.05) is 12.1 Å². The van der Waals surface area contributed by atoms with Crippen LogP contribution in [0, 0.1) is 0 Å². The summed E-state index contributed by atoms with van der Waals surface area (Å²) in [5, 5.41) is 4.39. The lowest BCUT2D eigenvalue weighted by atomic mass is 10.1. The number of anilines is 1. The van der Waals surface area contributed by atoms with Gasteiger partial charge in [-0.15, -0.1) is 11.3 Å². The zero-order chi connectivity index (χ0) is 18.2. The fourth-order valence-electron chi connectivity index (χ4n) is 2.22. The Labute approximate surface area is 150 Å². The molecule has 0 saturated heterocycles. The zero-order valence-corrected chi connectivity index (χ0v) is 15.0. The van der Waals surface area contributed by atoms with Gasteiger partial charge in [-0.25, -0.2) is 4.79 Å². The van der Waals surface area contributed by atoms with Gasteiger partial charge in [-0.3, -0.25) is 9.59 Å². The fourth-order valence-corrected chi connectivity index (χ4v) is 2.83. The molecule has 1 aromatic carbocycles. The van der Waals surface area contributed by atoms with E-state index in [0.717, 1.165) is 0 Å². The number of benzene rings is 1. The second-order valence-electron chi connectivity index (χ2n) is 5.16. The molecule has 25 heavy (non-hydrogen) atoms. The van der Waals surface area contributed by atoms with Gasteiger partial charge < -0.3 is 15.0 Å². The molecule has 1 aromatic heterocycles. The highest BCUT2D eigenvalue weighted by Gasteiger charge is 2.14. The maximum absolute atomic E-state index is 12.3. The number of rotatable bonds is 7. The van der Waals surface area contributed by atoms with Gasteiger partial charge in [-0.2, -0.15) is 0 Å². The van der Waals surface area contributed by atoms with E-state index >= 15 is 0 Å². The summed E-state index contributed by atoms with van der Waals surface area (Å²) in [5.74, 6) is -1.09. The van der Waals surface area contributed by atoms with E-state index in [1.54, 1.807) is 46.7 Å². The van der Waals surface area contributed by atoms with E-state index in [2.05, 4.69) is 5.32 Å². The number of thiophene rings is 1. The molecule has 0 aliphatic rings. The number of nitrogens with zero attached hydrogens (tertiary/aromatic N) is 1. The maximum atomic E-state index is 12.3. The summed E-state index contributed by atoms with van der Waals surface area (Å²) in [6, 6.07) is 10.1. The van der Waals surface area contributed by atoms with E-state index in [1.807, 2.05) is 13.8 Å². The van der Waals surface area contributed by atoms with Crippen LogP contribution in [0.4, 0.5) is 5.69 Å². The molecule has 0 atom stereocenters. The number of ether oxygens (including phenoxy) is 1. The SMILES string of the molecule is CCN(CC)C(=O)c1cccc(NC(=O)COC(=O)c2cccs2)c1. The Morgan fingerprint density at radius 1 is 1.12 bits per heavy atom. The van der Waals surface area contributed by atoms with Gasteiger partial charge in [0.1, 0.15) is 4.88 Å². The highest BCUT2D eigenvalue weighted by molar-refractivity contribution is 7.11. The van der Waals surface area contributed by atoms with Crippen molar-refractivity contribution < 1.29 is 19.1 Å². The molecular weight excluding hydrogens is 340 g/mol. The Bertz CT molecular complexity index is 739. The van der Waals surface area contributed by atoms with Crippen LogP contribution in [0.25, 0.3) is 0 Å². The van der Waals surface area contributed by atoms with Gasteiger partial charge in [0.15, 0.2) is 6.61 Å². The zero-order valence-electron chi connectivity index (χ0n) is 14.2. The molecule has 2 amide bonds. The summed E-state index contributed by atoms with van der Waals surface area (Å²) in [5.41, 5.74) is 0.979. The molecule has 6 nitrogen and oxygen atoms in total. The Kier molecular flexibility index (Phi) is 6.71. The van der Waals surface area contributed by atoms with E-state index in [0.29, 0.717) is 29.2 Å². The van der Waals surface area contributed by atoms with Crippen molar-refractivity contribution in [2.75, 3.05) is 25.0 Å². The van der Waals surface area contributed by atoms with Crippen LogP contribution in [0.15, 0.2) is 41.8 Å². The molecule has 1 heterocycles. The summed E-state index contributed by atoms with van der Waals surface area (Å²) in [6.45, 7) is 4.67. The lowest BCUT2D eigenvalue weighted by Crippen LogP contribution is -2.30. The van der Waals surface area contributed by atoms with Crippen LogP contribution in [0.3, 0.4) is 0 Å². The smallest absolute Gasteiger partial charge is 0.348 e. The number of nitrogens with one attached hydrogen (secondary N) is 1. The van der Waals surface area contributed by atoms with E-state index in [9.17, 15) is 14.4 Å². The first-order valence-corrected chi connectivity index (χ1v) is 8.83. The second-order valence-corrected chi connectivity index (χ2v) is 6.11. The van der Waals surface area contributed by atoms with Gasteiger partial charge in [0.25, 0.3) is 11.8 Å². The van der Waals surface area contributed by atoms with Gasteiger partial charge in [-0.05, 0) is 43.5 Å². The van der Waals surface area contributed by atoms with Crippen LogP contribution in [-0.4, -0.2) is 42.4 Å². The number of carbonyl (C=O) groups excluding carboxylic acids is 3. The average molecular weight is 360 g/mol. The van der Waals surface area contributed by atoms with Gasteiger partial charge in [0.05, 0.1) is 0 Å². The molecule has 132 valence electrons. The minimum Gasteiger partial charge on any atom is -0.451 e. The number of amides is 2. The van der Waals surface area contributed by atoms with Crippen LogP contribution in [0.2, 0.25) is 0 Å². The highest BCUT2D eigenvalue weighted by Crippen LogP contribution is 2.13. The van der Waals surface area contributed by atoms with Crippen molar-refractivity contribution in [1.29, 1.82) is 0 Å². The van der Waals surface area contributed by atoms with Crippen LogP contribution in [0.1, 0.15) is 33.9 Å². The van der Waals surface area contributed by atoms with E-state index in [4.69, 9.17) is 4.74 Å². The van der Waals surface area contributed by atoms with Gasteiger partial charge in [0, 0.05) is 24.3 Å². The standard InChI is InChI=1S/C18H20N2O4S/c1-3-20(4-2)17(22)13-7-5-8-14(11-13)19-16(21)12-24-18(23)15-9-6-10-25-15/h5-11H,3-4,12H2,1-2H3,(H,19,21). The first-order valence-electron chi connectivity index (χ1n) is 7.95. The normalized spacial score (nSPS) is 10.2. The van der Waals surface area contributed by atoms with Crippen molar-refractivity contribution >= 4 is 34.8 Å². The molecule has 0 saturated carbocycles. The van der Waals surface area contributed by atoms with E-state index < -0.39 is 11.9 Å². The Morgan fingerprint density at radius 2 is 1.88 bits per heavy atom. The minimum atomic E-state index is -0.532. The topological polar surface area (TPSA) is 75.7 Å². The van der Waals surface area contributed by atoms with Crippen LogP contribution < -0.4 is 5.32 Å². The average Bonchev–Trinajstić information content (AvgIpc) is 3.15.